The lowest BCUT2D eigenvalue weighted by Gasteiger charge is -2.14. The number of nitrogens with zero attached hydrogens (tertiary/aromatic N) is 1. The molecular weight excluding hydrogens is 522 g/mol. The third-order valence-electron chi connectivity index (χ3n) is 5.95. The van der Waals surface area contributed by atoms with Gasteiger partial charge in [0.1, 0.15) is 5.75 Å². The molecule has 0 spiro atoms. The van der Waals surface area contributed by atoms with Gasteiger partial charge in [0, 0.05) is 11.4 Å². The number of ether oxygens (including phenoxy) is 1. The Morgan fingerprint density at radius 3 is 1.82 bits per heavy atom. The molecule has 0 amide bonds. The lowest BCUT2D eigenvalue weighted by molar-refractivity contribution is -0.274. The van der Waals surface area contributed by atoms with E-state index >= 15 is 0 Å². The van der Waals surface area contributed by atoms with Gasteiger partial charge in [0.2, 0.25) is 0 Å². The average Bonchev–Trinajstić information content (AvgIpc) is 3.09. The fourth-order valence-corrected chi connectivity index (χ4v) is 4.37. The number of hydrogen-bond donors (Lipinski definition) is 4. The summed E-state index contributed by atoms with van der Waals surface area (Å²) in [7, 11) is 0. The minimum absolute atomic E-state index is 0.0359. The first kappa shape index (κ1) is 29.6. The first-order valence-corrected chi connectivity index (χ1v) is 13.0. The van der Waals surface area contributed by atoms with Crippen LogP contribution in [0.15, 0.2) is 72.8 Å². The van der Waals surface area contributed by atoms with Crippen LogP contribution in [0.5, 0.6) is 5.75 Å². The molecule has 6 nitrogen and oxygen atoms in total. The fourth-order valence-electron chi connectivity index (χ4n) is 4.08. The molecule has 2 aliphatic rings. The zero-order chi connectivity index (χ0) is 27.4. The topological polar surface area (TPSA) is 77.0 Å². The van der Waals surface area contributed by atoms with Gasteiger partial charge < -0.3 is 15.2 Å². The number of aryl methyl sites for hydroxylation is 2. The maximum atomic E-state index is 11.8. The summed E-state index contributed by atoms with van der Waals surface area (Å²) in [6.07, 6.45) is 3.41. The van der Waals surface area contributed by atoms with Crippen molar-refractivity contribution in [2.75, 3.05) is 9.79 Å². The molecule has 4 N–H and O–H groups in total. The minimum Gasteiger partial charge on any atom is -0.406 e. The SMILES string of the molecule is OC1CCCCC1.ON(SNF)c1ccc(OC(F)(F)F)cc1.c1ccc2c(c1)CCc1ccccc1N2. The van der Waals surface area contributed by atoms with Gasteiger partial charge in [-0.05, 0) is 73.2 Å². The number of halogens is 4. The van der Waals surface area contributed by atoms with Crippen molar-refractivity contribution in [3.63, 3.8) is 0 Å². The fraction of sp³-hybridized carbons (Fsp3) is 0.333. The van der Waals surface area contributed by atoms with Crippen molar-refractivity contribution in [1.29, 1.82) is 0 Å². The highest BCUT2D eigenvalue weighted by atomic mass is 32.2. The number of aliphatic hydroxyl groups excluding tert-OH is 1. The Morgan fingerprint density at radius 2 is 1.37 bits per heavy atom. The Bertz CT molecular complexity index is 1070. The largest absolute Gasteiger partial charge is 0.573 e. The molecule has 3 aromatic carbocycles. The molecule has 0 radical (unpaired) electrons. The molecule has 1 saturated carbocycles. The van der Waals surface area contributed by atoms with E-state index in [9.17, 15) is 17.7 Å². The lowest BCUT2D eigenvalue weighted by atomic mass is 9.98. The van der Waals surface area contributed by atoms with Crippen LogP contribution in [0.2, 0.25) is 0 Å². The molecule has 206 valence electrons. The number of para-hydroxylation sites is 2. The first-order chi connectivity index (χ1) is 18.2. The van der Waals surface area contributed by atoms with E-state index < -0.39 is 12.1 Å². The number of rotatable bonds is 4. The van der Waals surface area contributed by atoms with Crippen LogP contribution in [0.3, 0.4) is 0 Å². The molecule has 0 aromatic heterocycles. The summed E-state index contributed by atoms with van der Waals surface area (Å²) in [4.78, 5) is 1.10. The summed E-state index contributed by atoms with van der Waals surface area (Å²) in [6, 6.07) is 21.3. The van der Waals surface area contributed by atoms with Gasteiger partial charge >= 0.3 is 6.36 Å². The highest BCUT2D eigenvalue weighted by Gasteiger charge is 2.31. The third-order valence-corrected chi connectivity index (χ3v) is 6.41. The predicted octanol–water partition coefficient (Wildman–Crippen LogP) is 7.66. The summed E-state index contributed by atoms with van der Waals surface area (Å²) < 4.78 is 50.9. The predicted molar refractivity (Wildman–Crippen MR) is 142 cm³/mol. The van der Waals surface area contributed by atoms with Crippen molar-refractivity contribution in [2.24, 2.45) is 0 Å². The molecule has 38 heavy (non-hydrogen) atoms. The number of benzene rings is 3. The second-order valence-electron chi connectivity index (χ2n) is 8.71. The molecule has 3 aromatic rings. The van der Waals surface area contributed by atoms with Gasteiger partial charge in [0.05, 0.1) is 23.9 Å². The van der Waals surface area contributed by atoms with Crippen LogP contribution in [-0.4, -0.2) is 22.8 Å². The molecule has 1 aliphatic heterocycles. The van der Waals surface area contributed by atoms with Crippen molar-refractivity contribution in [2.45, 2.75) is 57.4 Å². The number of aliphatic hydroxyl groups is 1. The zero-order valence-electron chi connectivity index (χ0n) is 20.6. The number of anilines is 3. The molecule has 0 saturated heterocycles. The van der Waals surface area contributed by atoms with E-state index in [4.69, 9.17) is 10.3 Å². The van der Waals surface area contributed by atoms with Crippen molar-refractivity contribution in [3.05, 3.63) is 83.9 Å². The molecule has 11 heteroatoms. The van der Waals surface area contributed by atoms with Gasteiger partial charge in [-0.3, -0.25) is 5.21 Å². The van der Waals surface area contributed by atoms with Gasteiger partial charge in [0.15, 0.2) is 0 Å². The van der Waals surface area contributed by atoms with Gasteiger partial charge in [-0.25, -0.2) is 0 Å². The summed E-state index contributed by atoms with van der Waals surface area (Å²) in [5.41, 5.74) is 5.41. The maximum absolute atomic E-state index is 11.8. The van der Waals surface area contributed by atoms with E-state index in [1.807, 2.05) is 0 Å². The quantitative estimate of drug-likeness (QED) is 0.114. The standard InChI is InChI=1S/C14H13N.C7H6F4N2O2S.C6H12O/c1-3-7-13-11(5-1)9-10-12-6-2-4-8-14(12)15-13;8-7(9,10)15-6-3-1-5(2-4-6)13(14)16-12-11;7-6-4-2-1-3-5-6/h1-8,15H,9-10H2;1-4,12,14H;6-7H,1-5H2. The Hall–Kier alpha value is -2.99. The van der Waals surface area contributed by atoms with Gasteiger partial charge in [-0.15, -0.1) is 17.7 Å². The first-order valence-electron chi connectivity index (χ1n) is 12.2. The highest BCUT2D eigenvalue weighted by molar-refractivity contribution is 7.98. The Balaban J connectivity index is 0.000000169. The summed E-state index contributed by atoms with van der Waals surface area (Å²) >= 11 is 0.213. The minimum atomic E-state index is -4.77. The van der Waals surface area contributed by atoms with Gasteiger partial charge in [-0.1, -0.05) is 60.6 Å². The molecule has 0 bridgehead atoms. The lowest BCUT2D eigenvalue weighted by Crippen LogP contribution is -2.17. The Morgan fingerprint density at radius 1 is 0.842 bits per heavy atom. The van der Waals surface area contributed by atoms with Crippen LogP contribution in [0.1, 0.15) is 43.2 Å². The number of nitrogens with one attached hydrogen (secondary N) is 2. The van der Waals surface area contributed by atoms with Crippen molar-refractivity contribution in [3.8, 4) is 5.75 Å². The molecule has 5 rings (SSSR count). The second-order valence-corrected chi connectivity index (χ2v) is 9.40. The molecule has 1 aliphatic carbocycles. The van der Waals surface area contributed by atoms with E-state index in [0.29, 0.717) is 4.47 Å². The maximum Gasteiger partial charge on any atom is 0.573 e. The third kappa shape index (κ3) is 10.1. The molecule has 1 heterocycles. The van der Waals surface area contributed by atoms with Gasteiger partial charge in [-0.2, -0.15) is 4.47 Å². The van der Waals surface area contributed by atoms with Crippen LogP contribution in [-0.2, 0) is 12.8 Å². The molecule has 0 unspecified atom stereocenters. The Labute approximate surface area is 223 Å². The van der Waals surface area contributed by atoms with Crippen molar-refractivity contribution >= 4 is 29.2 Å². The smallest absolute Gasteiger partial charge is 0.406 e. The highest BCUT2D eigenvalue weighted by Crippen LogP contribution is 2.29. The van der Waals surface area contributed by atoms with Crippen molar-refractivity contribution in [1.82, 2.24) is 4.94 Å². The summed E-state index contributed by atoms with van der Waals surface area (Å²) in [5, 5.41) is 21.5. The molecule has 1 fully saturated rings. The summed E-state index contributed by atoms with van der Waals surface area (Å²) in [6.45, 7) is 0. The van der Waals surface area contributed by atoms with E-state index in [0.717, 1.165) is 54.9 Å². The van der Waals surface area contributed by atoms with Gasteiger partial charge in [0.25, 0.3) is 0 Å². The Kier molecular flexibility index (Phi) is 11.5. The van der Waals surface area contributed by atoms with E-state index in [1.165, 1.54) is 41.8 Å². The van der Waals surface area contributed by atoms with Crippen LogP contribution < -0.4 is 19.5 Å². The van der Waals surface area contributed by atoms with E-state index in [1.54, 1.807) is 0 Å². The molecular formula is C27H31F4N3O3S. The average molecular weight is 554 g/mol. The van der Waals surface area contributed by atoms with Crippen LogP contribution in [0.25, 0.3) is 0 Å². The molecule has 0 atom stereocenters. The number of hydrogen-bond acceptors (Lipinski definition) is 7. The monoisotopic (exact) mass is 553 g/mol. The van der Waals surface area contributed by atoms with E-state index in [2.05, 4.69) is 58.6 Å². The van der Waals surface area contributed by atoms with Crippen LogP contribution >= 0.6 is 12.1 Å². The van der Waals surface area contributed by atoms with Crippen LogP contribution in [0.4, 0.5) is 34.7 Å². The normalized spacial score (nSPS) is 14.7. The number of fused-ring (bicyclic) bond motifs is 2. The number of alkyl halides is 3. The second kappa shape index (κ2) is 14.8. The zero-order valence-corrected chi connectivity index (χ0v) is 21.4. The van der Waals surface area contributed by atoms with Crippen LogP contribution in [0, 0.1) is 0 Å². The summed E-state index contributed by atoms with van der Waals surface area (Å²) in [5.74, 6) is -0.428. The van der Waals surface area contributed by atoms with Crippen molar-refractivity contribution < 1.29 is 32.7 Å². The van der Waals surface area contributed by atoms with E-state index in [-0.39, 0.29) is 23.9 Å².